The molecule has 0 unspecified atom stereocenters. The lowest BCUT2D eigenvalue weighted by Crippen LogP contribution is -2.41. The first-order chi connectivity index (χ1) is 11.6. The molecule has 24 heavy (non-hydrogen) atoms. The quantitative estimate of drug-likeness (QED) is 0.581. The van der Waals surface area contributed by atoms with Gasteiger partial charge in [0.1, 0.15) is 0 Å². The van der Waals surface area contributed by atoms with Crippen LogP contribution in [0.5, 0.6) is 0 Å². The van der Waals surface area contributed by atoms with Gasteiger partial charge in [0, 0.05) is 26.7 Å². The molecule has 1 aromatic rings. The minimum absolute atomic E-state index is 0.00865. The van der Waals surface area contributed by atoms with E-state index < -0.39 is 0 Å². The Morgan fingerprint density at radius 3 is 2.71 bits per heavy atom. The molecule has 1 aliphatic heterocycles. The van der Waals surface area contributed by atoms with Gasteiger partial charge in [0.15, 0.2) is 6.61 Å². The van der Waals surface area contributed by atoms with Crippen molar-refractivity contribution in [3.05, 3.63) is 22.4 Å². The van der Waals surface area contributed by atoms with E-state index in [1.165, 1.54) is 11.3 Å². The van der Waals surface area contributed by atoms with Gasteiger partial charge in [0.05, 0.1) is 17.4 Å². The van der Waals surface area contributed by atoms with Gasteiger partial charge in [0.25, 0.3) is 11.8 Å². The summed E-state index contributed by atoms with van der Waals surface area (Å²) in [5, 5.41) is 4.46. The van der Waals surface area contributed by atoms with Gasteiger partial charge >= 0.3 is 5.97 Å². The van der Waals surface area contributed by atoms with Crippen molar-refractivity contribution in [3.63, 3.8) is 0 Å². The number of esters is 1. The zero-order chi connectivity index (χ0) is 17.4. The molecule has 7 nitrogen and oxygen atoms in total. The number of carbonyl (C=O) groups is 3. The zero-order valence-corrected chi connectivity index (χ0v) is 14.5. The van der Waals surface area contributed by atoms with E-state index in [-0.39, 0.29) is 30.3 Å². The Bertz CT molecular complexity index is 553. The van der Waals surface area contributed by atoms with Crippen LogP contribution < -0.4 is 5.32 Å². The molecule has 1 fully saturated rings. The van der Waals surface area contributed by atoms with E-state index in [9.17, 15) is 14.4 Å². The van der Waals surface area contributed by atoms with Crippen molar-refractivity contribution in [2.45, 2.75) is 12.8 Å². The number of ether oxygens (including phenoxy) is 2. The van der Waals surface area contributed by atoms with Crippen LogP contribution in [0.1, 0.15) is 22.5 Å². The van der Waals surface area contributed by atoms with Crippen LogP contribution in [0.15, 0.2) is 17.5 Å². The highest BCUT2D eigenvalue weighted by Gasteiger charge is 2.29. The Balaban J connectivity index is 1.69. The molecule has 2 heterocycles. The van der Waals surface area contributed by atoms with Crippen LogP contribution in [0, 0.1) is 5.92 Å². The predicted octanol–water partition coefficient (Wildman–Crippen LogP) is 0.906. The second kappa shape index (κ2) is 9.39. The van der Waals surface area contributed by atoms with Gasteiger partial charge in [-0.15, -0.1) is 11.3 Å². The van der Waals surface area contributed by atoms with E-state index >= 15 is 0 Å². The summed E-state index contributed by atoms with van der Waals surface area (Å²) in [5.41, 5.74) is 0. The highest BCUT2D eigenvalue weighted by atomic mass is 32.1. The molecular weight excluding hydrogens is 332 g/mol. The van der Waals surface area contributed by atoms with E-state index in [0.717, 1.165) is 0 Å². The number of nitrogens with zero attached hydrogens (tertiary/aromatic N) is 1. The van der Waals surface area contributed by atoms with E-state index in [1.54, 1.807) is 18.1 Å². The Morgan fingerprint density at radius 1 is 1.33 bits per heavy atom. The fraction of sp³-hybridized carbons (Fsp3) is 0.562. The van der Waals surface area contributed by atoms with Crippen LogP contribution in [0.2, 0.25) is 0 Å². The molecule has 0 spiro atoms. The monoisotopic (exact) mass is 354 g/mol. The number of hydrogen-bond donors (Lipinski definition) is 1. The Kier molecular flexibility index (Phi) is 7.20. The fourth-order valence-corrected chi connectivity index (χ4v) is 3.16. The second-order valence-electron chi connectivity index (χ2n) is 5.49. The van der Waals surface area contributed by atoms with Crippen molar-refractivity contribution in [2.75, 3.05) is 40.0 Å². The molecule has 0 atom stereocenters. The SMILES string of the molecule is COCCNC(=O)COC(=O)C1CCN(C(=O)c2cccs2)CC1. The molecule has 2 amide bonds. The molecule has 1 N–H and O–H groups in total. The third kappa shape index (κ3) is 5.31. The molecule has 132 valence electrons. The van der Waals surface area contributed by atoms with Crippen LogP contribution in [0.25, 0.3) is 0 Å². The zero-order valence-electron chi connectivity index (χ0n) is 13.7. The molecule has 1 aliphatic rings. The van der Waals surface area contributed by atoms with Gasteiger partial charge < -0.3 is 19.7 Å². The second-order valence-corrected chi connectivity index (χ2v) is 6.44. The van der Waals surface area contributed by atoms with Crippen molar-refractivity contribution in [1.29, 1.82) is 0 Å². The lowest BCUT2D eigenvalue weighted by Gasteiger charge is -2.30. The Hall–Kier alpha value is -1.93. The van der Waals surface area contributed by atoms with Crippen LogP contribution in [0.4, 0.5) is 0 Å². The maximum Gasteiger partial charge on any atom is 0.309 e. The van der Waals surface area contributed by atoms with Gasteiger partial charge in [-0.2, -0.15) is 0 Å². The summed E-state index contributed by atoms with van der Waals surface area (Å²) >= 11 is 1.41. The highest BCUT2D eigenvalue weighted by Crippen LogP contribution is 2.21. The van der Waals surface area contributed by atoms with E-state index in [1.807, 2.05) is 11.4 Å². The van der Waals surface area contributed by atoms with Crippen LogP contribution in [-0.2, 0) is 19.1 Å². The number of carbonyl (C=O) groups excluding carboxylic acids is 3. The number of nitrogens with one attached hydrogen (secondary N) is 1. The number of methoxy groups -OCH3 is 1. The van der Waals surface area contributed by atoms with Crippen LogP contribution >= 0.6 is 11.3 Å². The number of thiophene rings is 1. The molecule has 8 heteroatoms. The normalized spacial score (nSPS) is 15.1. The summed E-state index contributed by atoms with van der Waals surface area (Å²) in [6.45, 7) is 1.57. The third-order valence-corrected chi connectivity index (χ3v) is 4.68. The van der Waals surface area contributed by atoms with E-state index in [2.05, 4.69) is 5.32 Å². The Labute approximate surface area is 144 Å². The molecule has 0 aromatic carbocycles. The molecule has 0 radical (unpaired) electrons. The summed E-state index contributed by atoms with van der Waals surface area (Å²) in [4.78, 5) is 38.2. The van der Waals surface area contributed by atoms with Crippen molar-refractivity contribution in [2.24, 2.45) is 5.92 Å². The highest BCUT2D eigenvalue weighted by molar-refractivity contribution is 7.12. The first-order valence-electron chi connectivity index (χ1n) is 7.87. The van der Waals surface area contributed by atoms with Gasteiger partial charge in [-0.25, -0.2) is 0 Å². The summed E-state index contributed by atoms with van der Waals surface area (Å²) in [5.74, 6) is -0.968. The summed E-state index contributed by atoms with van der Waals surface area (Å²) in [6.07, 6.45) is 1.11. The lowest BCUT2D eigenvalue weighted by atomic mass is 9.97. The molecule has 1 aromatic heterocycles. The number of piperidine rings is 1. The summed E-state index contributed by atoms with van der Waals surface area (Å²) in [6, 6.07) is 3.65. The van der Waals surface area contributed by atoms with E-state index in [4.69, 9.17) is 9.47 Å². The molecule has 0 saturated carbocycles. The van der Waals surface area contributed by atoms with Crippen LogP contribution in [-0.4, -0.2) is 62.6 Å². The topological polar surface area (TPSA) is 84.9 Å². The minimum Gasteiger partial charge on any atom is -0.455 e. The number of likely N-dealkylation sites (tertiary alicyclic amines) is 1. The predicted molar refractivity (Wildman–Crippen MR) is 88.8 cm³/mol. The first-order valence-corrected chi connectivity index (χ1v) is 8.75. The summed E-state index contributed by atoms with van der Waals surface area (Å²) < 4.78 is 9.86. The van der Waals surface area contributed by atoms with Gasteiger partial charge in [0.2, 0.25) is 0 Å². The minimum atomic E-state index is -0.375. The molecular formula is C16H22N2O5S. The first kappa shape index (κ1) is 18.4. The number of hydrogen-bond acceptors (Lipinski definition) is 6. The maximum atomic E-state index is 12.2. The Morgan fingerprint density at radius 2 is 2.08 bits per heavy atom. The van der Waals surface area contributed by atoms with Crippen molar-refractivity contribution >= 4 is 29.1 Å². The van der Waals surface area contributed by atoms with Gasteiger partial charge in [-0.1, -0.05) is 6.07 Å². The molecule has 2 rings (SSSR count). The molecule has 1 saturated heterocycles. The number of amides is 2. The van der Waals surface area contributed by atoms with Crippen molar-refractivity contribution < 1.29 is 23.9 Å². The standard InChI is InChI=1S/C16H22N2O5S/c1-22-9-6-17-14(19)11-23-16(21)12-4-7-18(8-5-12)15(20)13-3-2-10-24-13/h2-3,10,12H,4-9,11H2,1H3,(H,17,19). The largest absolute Gasteiger partial charge is 0.455 e. The average molecular weight is 354 g/mol. The summed E-state index contributed by atoms with van der Waals surface area (Å²) in [7, 11) is 1.54. The van der Waals surface area contributed by atoms with Crippen molar-refractivity contribution in [3.8, 4) is 0 Å². The molecule has 0 aliphatic carbocycles. The molecule has 0 bridgehead atoms. The third-order valence-electron chi connectivity index (χ3n) is 3.82. The van der Waals surface area contributed by atoms with Gasteiger partial charge in [-0.05, 0) is 24.3 Å². The van der Waals surface area contributed by atoms with Crippen LogP contribution in [0.3, 0.4) is 0 Å². The van der Waals surface area contributed by atoms with Crippen molar-refractivity contribution in [1.82, 2.24) is 10.2 Å². The maximum absolute atomic E-state index is 12.2. The average Bonchev–Trinajstić information content (AvgIpc) is 3.14. The fourth-order valence-electron chi connectivity index (χ4n) is 2.47. The lowest BCUT2D eigenvalue weighted by molar-refractivity contribution is -0.153. The number of rotatable bonds is 7. The van der Waals surface area contributed by atoms with E-state index in [0.29, 0.717) is 44.0 Å². The smallest absolute Gasteiger partial charge is 0.309 e. The van der Waals surface area contributed by atoms with Gasteiger partial charge in [-0.3, -0.25) is 14.4 Å².